The van der Waals surface area contributed by atoms with Crippen LogP contribution in [-0.4, -0.2) is 47.2 Å². The predicted molar refractivity (Wildman–Crippen MR) is 175 cm³/mol. The van der Waals surface area contributed by atoms with E-state index in [9.17, 15) is 15.1 Å². The summed E-state index contributed by atoms with van der Waals surface area (Å²) in [5, 5.41) is 16.5. The standard InChI is InChI=1S/C33H35Cl2N5O6/c1-32(2,3)46-28(42)15-16-33(31(43)37-20-21-9-14-25(34)26(35)19-21)29(24-7-4-5-8-27(24)39-40-36)45-30(38-33)22-10-12-23(13-11-22)44-18-6-17-41/h4-5,7-14,19,29,41H,6,15-18,20H2,1-3H3,(H,37,43)/t29-,33-/m1/s1. The van der Waals surface area contributed by atoms with Crippen LogP contribution in [0.25, 0.3) is 10.4 Å². The number of esters is 1. The number of benzene rings is 3. The van der Waals surface area contributed by atoms with Gasteiger partial charge in [0.25, 0.3) is 5.91 Å². The third kappa shape index (κ3) is 8.70. The summed E-state index contributed by atoms with van der Waals surface area (Å²) >= 11 is 12.3. The molecule has 0 fully saturated rings. The van der Waals surface area contributed by atoms with Gasteiger partial charge in [0, 0.05) is 47.7 Å². The fourth-order valence-electron chi connectivity index (χ4n) is 4.87. The Morgan fingerprint density at radius 2 is 1.85 bits per heavy atom. The van der Waals surface area contributed by atoms with Crippen molar-refractivity contribution in [2.24, 2.45) is 10.1 Å². The lowest BCUT2D eigenvalue weighted by atomic mass is 9.82. The summed E-state index contributed by atoms with van der Waals surface area (Å²) in [7, 11) is 0. The van der Waals surface area contributed by atoms with Crippen molar-refractivity contribution in [3.05, 3.63) is 104 Å². The first-order valence-electron chi connectivity index (χ1n) is 14.6. The quantitative estimate of drug-likeness (QED) is 0.0636. The normalized spacial score (nSPS) is 17.3. The van der Waals surface area contributed by atoms with Crippen LogP contribution in [0.3, 0.4) is 0 Å². The molecule has 0 spiro atoms. The number of azide groups is 1. The highest BCUT2D eigenvalue weighted by Gasteiger charge is 2.53. The van der Waals surface area contributed by atoms with Gasteiger partial charge in [-0.15, -0.1) is 0 Å². The lowest BCUT2D eigenvalue weighted by Crippen LogP contribution is -2.48. The number of carbonyl (C=O) groups excluding carboxylic acids is 2. The van der Waals surface area contributed by atoms with Crippen molar-refractivity contribution in [1.29, 1.82) is 0 Å². The van der Waals surface area contributed by atoms with E-state index in [0.717, 1.165) is 0 Å². The summed E-state index contributed by atoms with van der Waals surface area (Å²) in [6, 6.07) is 18.7. The van der Waals surface area contributed by atoms with E-state index in [-0.39, 0.29) is 37.6 Å². The molecule has 11 nitrogen and oxygen atoms in total. The van der Waals surface area contributed by atoms with E-state index in [1.807, 2.05) is 0 Å². The van der Waals surface area contributed by atoms with Crippen LogP contribution in [-0.2, 0) is 25.6 Å². The van der Waals surface area contributed by atoms with Crippen LogP contribution >= 0.6 is 23.2 Å². The number of ether oxygens (including phenoxy) is 3. The Kier molecular flexibility index (Phi) is 11.5. The second-order valence-electron chi connectivity index (χ2n) is 11.6. The molecule has 4 rings (SSSR count). The van der Waals surface area contributed by atoms with Gasteiger partial charge < -0.3 is 24.6 Å². The SMILES string of the molecule is CC(C)(C)OC(=O)CC[C@@]1(C(=O)NCc2ccc(Cl)c(Cl)c2)N=C(c2ccc(OCCCO)cc2)O[C@@H]1c1ccccc1N=[N+]=[N-]. The minimum absolute atomic E-state index is 0.0138. The third-order valence-electron chi connectivity index (χ3n) is 6.97. The molecule has 0 radical (unpaired) electrons. The molecule has 1 aliphatic heterocycles. The van der Waals surface area contributed by atoms with Crippen LogP contribution in [0.5, 0.6) is 5.75 Å². The second-order valence-corrected chi connectivity index (χ2v) is 12.4. The van der Waals surface area contributed by atoms with Crippen LogP contribution in [0.15, 0.2) is 76.8 Å². The number of carbonyl (C=O) groups is 2. The molecular formula is C33H35Cl2N5O6. The molecule has 0 saturated heterocycles. The van der Waals surface area contributed by atoms with Crippen LogP contribution in [0.4, 0.5) is 5.69 Å². The molecule has 1 heterocycles. The van der Waals surface area contributed by atoms with Crippen molar-refractivity contribution in [2.75, 3.05) is 13.2 Å². The molecule has 1 amide bonds. The molecule has 1 aliphatic rings. The molecule has 0 saturated carbocycles. The fraction of sp³-hybridized carbons (Fsp3) is 0.364. The van der Waals surface area contributed by atoms with Crippen molar-refractivity contribution >= 4 is 46.7 Å². The Bertz CT molecular complexity index is 1640. The highest BCUT2D eigenvalue weighted by molar-refractivity contribution is 6.42. The van der Waals surface area contributed by atoms with Gasteiger partial charge in [-0.1, -0.05) is 58.6 Å². The summed E-state index contributed by atoms with van der Waals surface area (Å²) in [4.78, 5) is 35.2. The van der Waals surface area contributed by atoms with E-state index in [2.05, 4.69) is 15.3 Å². The zero-order chi connectivity index (χ0) is 33.3. The van der Waals surface area contributed by atoms with Gasteiger partial charge in [-0.05, 0) is 74.7 Å². The monoisotopic (exact) mass is 667 g/mol. The summed E-state index contributed by atoms with van der Waals surface area (Å²) < 4.78 is 17.7. The van der Waals surface area contributed by atoms with Gasteiger partial charge in [0.15, 0.2) is 11.6 Å². The van der Waals surface area contributed by atoms with Gasteiger partial charge in [-0.3, -0.25) is 9.59 Å². The number of nitrogens with zero attached hydrogens (tertiary/aromatic N) is 4. The van der Waals surface area contributed by atoms with E-state index in [0.29, 0.717) is 45.5 Å². The molecule has 0 unspecified atom stereocenters. The maximum Gasteiger partial charge on any atom is 0.306 e. The first-order valence-corrected chi connectivity index (χ1v) is 15.4. The van der Waals surface area contributed by atoms with Gasteiger partial charge in [-0.2, -0.15) is 0 Å². The molecule has 3 aromatic carbocycles. The maximum absolute atomic E-state index is 14.4. The number of hydrogen-bond donors (Lipinski definition) is 2. The topological polar surface area (TPSA) is 155 Å². The van der Waals surface area contributed by atoms with Crippen LogP contribution in [0.1, 0.15) is 62.8 Å². The molecular weight excluding hydrogens is 633 g/mol. The lowest BCUT2D eigenvalue weighted by Gasteiger charge is -2.31. The van der Waals surface area contributed by atoms with E-state index < -0.39 is 29.1 Å². The first kappa shape index (κ1) is 34.6. The molecule has 46 heavy (non-hydrogen) atoms. The van der Waals surface area contributed by atoms with E-state index in [4.69, 9.17) is 47.5 Å². The number of aliphatic hydroxyl groups excluding tert-OH is 1. The van der Waals surface area contributed by atoms with Gasteiger partial charge in [0.1, 0.15) is 11.4 Å². The predicted octanol–water partition coefficient (Wildman–Crippen LogP) is 7.39. The van der Waals surface area contributed by atoms with Gasteiger partial charge in [0.05, 0.1) is 16.7 Å². The van der Waals surface area contributed by atoms with Crippen molar-refractivity contribution in [3.63, 3.8) is 0 Å². The Labute approximate surface area is 277 Å². The number of rotatable bonds is 13. The second kappa shape index (κ2) is 15.3. The van der Waals surface area contributed by atoms with Crippen molar-refractivity contribution in [3.8, 4) is 5.75 Å². The average Bonchev–Trinajstić information content (AvgIpc) is 3.41. The van der Waals surface area contributed by atoms with Gasteiger partial charge in [0.2, 0.25) is 5.90 Å². The molecule has 242 valence electrons. The zero-order valence-electron chi connectivity index (χ0n) is 25.7. The minimum atomic E-state index is -1.68. The molecule has 2 atom stereocenters. The number of aliphatic hydroxyl groups is 1. The molecule has 0 bridgehead atoms. The summed E-state index contributed by atoms with van der Waals surface area (Å²) in [5.74, 6) is -0.311. The Morgan fingerprint density at radius 3 is 2.52 bits per heavy atom. The zero-order valence-corrected chi connectivity index (χ0v) is 27.2. The largest absolute Gasteiger partial charge is 0.494 e. The molecule has 0 aromatic heterocycles. The lowest BCUT2D eigenvalue weighted by molar-refractivity contribution is -0.155. The smallest absolute Gasteiger partial charge is 0.306 e. The summed E-state index contributed by atoms with van der Waals surface area (Å²) in [6.45, 7) is 5.72. The molecule has 2 N–H and O–H groups in total. The van der Waals surface area contributed by atoms with Crippen LogP contribution in [0, 0.1) is 0 Å². The Balaban J connectivity index is 1.78. The number of halogens is 2. The third-order valence-corrected chi connectivity index (χ3v) is 7.71. The average molecular weight is 669 g/mol. The van der Waals surface area contributed by atoms with Gasteiger partial charge >= 0.3 is 5.97 Å². The van der Waals surface area contributed by atoms with Gasteiger partial charge in [-0.25, -0.2) is 4.99 Å². The number of hydrogen-bond acceptors (Lipinski definition) is 8. The van der Waals surface area contributed by atoms with Crippen LogP contribution in [0.2, 0.25) is 10.0 Å². The summed E-state index contributed by atoms with van der Waals surface area (Å²) in [5.41, 5.74) is 8.78. The number of aliphatic imine (C=N–C) groups is 1. The number of nitrogens with one attached hydrogen (secondary N) is 1. The fourth-order valence-corrected chi connectivity index (χ4v) is 5.19. The number of amides is 1. The van der Waals surface area contributed by atoms with Crippen molar-refractivity contribution < 1.29 is 28.9 Å². The highest BCUT2D eigenvalue weighted by Crippen LogP contribution is 2.46. The minimum Gasteiger partial charge on any atom is -0.494 e. The van der Waals surface area contributed by atoms with Crippen LogP contribution < -0.4 is 10.1 Å². The Hall–Kier alpha value is -4.28. The van der Waals surface area contributed by atoms with E-state index >= 15 is 0 Å². The highest BCUT2D eigenvalue weighted by atomic mass is 35.5. The molecule has 3 aromatic rings. The molecule has 13 heteroatoms. The van der Waals surface area contributed by atoms with Crippen molar-refractivity contribution in [2.45, 2.75) is 63.8 Å². The first-order chi connectivity index (χ1) is 22.0. The van der Waals surface area contributed by atoms with E-state index in [1.165, 1.54) is 0 Å². The van der Waals surface area contributed by atoms with E-state index in [1.54, 1.807) is 87.5 Å². The Morgan fingerprint density at radius 1 is 1.11 bits per heavy atom. The maximum atomic E-state index is 14.4. The molecule has 0 aliphatic carbocycles. The summed E-state index contributed by atoms with van der Waals surface area (Å²) in [6.07, 6.45) is -0.839. The van der Waals surface area contributed by atoms with Crippen molar-refractivity contribution in [1.82, 2.24) is 5.32 Å².